The van der Waals surface area contributed by atoms with E-state index < -0.39 is 30.4 Å². The van der Waals surface area contributed by atoms with Gasteiger partial charge in [-0.25, -0.2) is 4.79 Å². The number of rotatable bonds is 11. The number of benzene rings is 2. The maximum Gasteiger partial charge on any atom is 0.407 e. The zero-order valence-corrected chi connectivity index (χ0v) is 18.9. The Hall–Kier alpha value is -3.39. The first kappa shape index (κ1) is 24.3. The van der Waals surface area contributed by atoms with E-state index in [1.807, 2.05) is 55.5 Å². The molecule has 0 bridgehead atoms. The highest BCUT2D eigenvalue weighted by molar-refractivity contribution is 5.89. The van der Waals surface area contributed by atoms with Gasteiger partial charge in [-0.3, -0.25) is 9.59 Å². The van der Waals surface area contributed by atoms with Gasteiger partial charge in [-0.05, 0) is 34.6 Å². The normalized spacial score (nSPS) is 14.0. The molecule has 1 aliphatic rings. The van der Waals surface area contributed by atoms with E-state index in [0.29, 0.717) is 13.2 Å². The van der Waals surface area contributed by atoms with Crippen molar-refractivity contribution in [1.29, 1.82) is 0 Å². The fraction of sp³-hybridized carbons (Fsp3) is 0.400. The highest BCUT2D eigenvalue weighted by Gasteiger charge is 2.30. The molecule has 2 unspecified atom stereocenters. The number of alkyl carbamates (subject to hydrolysis) is 1. The summed E-state index contributed by atoms with van der Waals surface area (Å²) in [4.78, 5) is 36.3. The number of carbonyl (C=O) groups excluding carboxylic acids is 2. The lowest BCUT2D eigenvalue weighted by atomic mass is 9.98. The van der Waals surface area contributed by atoms with Crippen LogP contribution in [0.1, 0.15) is 36.8 Å². The predicted octanol–water partition coefficient (Wildman–Crippen LogP) is 3.16. The van der Waals surface area contributed by atoms with Crippen LogP contribution in [0, 0.1) is 5.92 Å². The van der Waals surface area contributed by atoms with Gasteiger partial charge in [-0.1, -0.05) is 55.5 Å². The molecular formula is C25H30N2O6. The lowest BCUT2D eigenvalue weighted by Gasteiger charge is -2.20. The maximum atomic E-state index is 12.5. The van der Waals surface area contributed by atoms with Crippen molar-refractivity contribution in [3.8, 4) is 11.1 Å². The molecule has 0 saturated heterocycles. The Labute approximate surface area is 193 Å². The van der Waals surface area contributed by atoms with Gasteiger partial charge < -0.3 is 25.2 Å². The Bertz CT molecular complexity index is 947. The zero-order valence-electron chi connectivity index (χ0n) is 18.9. The molecule has 0 fully saturated rings. The molecule has 2 aromatic rings. The summed E-state index contributed by atoms with van der Waals surface area (Å²) in [5.41, 5.74) is 4.34. The molecule has 1 aliphatic carbocycles. The standard InChI is InChI=1S/C25H30N2O6/c1-3-16(14-32-2)13-26-24(30)22(12-23(28)29)27-25(31)33-15-21-19-10-6-4-8-17(19)18-9-5-7-11-20(18)21/h4-11,16,21-22H,3,12-15H2,1-2H3,(H,26,30)(H,27,31)(H,28,29). The van der Waals surface area contributed by atoms with Crippen LogP contribution in [0.2, 0.25) is 0 Å². The molecule has 3 rings (SSSR count). The molecule has 0 radical (unpaired) electrons. The van der Waals surface area contributed by atoms with Crippen LogP contribution in [-0.2, 0) is 19.1 Å². The number of fused-ring (bicyclic) bond motifs is 3. The number of methoxy groups -OCH3 is 1. The number of hydrogen-bond donors (Lipinski definition) is 3. The minimum absolute atomic E-state index is 0.0764. The Balaban J connectivity index is 1.61. The van der Waals surface area contributed by atoms with Crippen LogP contribution >= 0.6 is 0 Å². The van der Waals surface area contributed by atoms with Crippen LogP contribution in [0.5, 0.6) is 0 Å². The summed E-state index contributed by atoms with van der Waals surface area (Å²) in [5.74, 6) is -1.80. The van der Waals surface area contributed by atoms with Gasteiger partial charge >= 0.3 is 12.1 Å². The van der Waals surface area contributed by atoms with Crippen LogP contribution in [0.3, 0.4) is 0 Å². The lowest BCUT2D eigenvalue weighted by Crippen LogP contribution is -2.49. The van der Waals surface area contributed by atoms with Gasteiger partial charge in [0.1, 0.15) is 12.6 Å². The maximum absolute atomic E-state index is 12.5. The number of ether oxygens (including phenoxy) is 2. The largest absolute Gasteiger partial charge is 0.481 e. The molecule has 8 nitrogen and oxygen atoms in total. The third-order valence-electron chi connectivity index (χ3n) is 5.88. The Morgan fingerprint density at radius 3 is 2.18 bits per heavy atom. The molecule has 2 amide bonds. The third-order valence-corrected chi connectivity index (χ3v) is 5.88. The first-order valence-electron chi connectivity index (χ1n) is 11.0. The highest BCUT2D eigenvalue weighted by atomic mass is 16.5. The third kappa shape index (κ3) is 6.10. The SMILES string of the molecule is CCC(CNC(=O)C(CC(=O)O)NC(=O)OCC1c2ccccc2-c2ccccc21)COC. The van der Waals surface area contributed by atoms with Crippen molar-refractivity contribution in [1.82, 2.24) is 10.6 Å². The fourth-order valence-corrected chi connectivity index (χ4v) is 4.09. The number of carboxylic acid groups (broad SMARTS) is 1. The van der Waals surface area contributed by atoms with Crippen LogP contribution in [-0.4, -0.2) is 56.0 Å². The Kier molecular flexibility index (Phi) is 8.43. The van der Waals surface area contributed by atoms with Crippen LogP contribution in [0.4, 0.5) is 4.79 Å². The molecule has 0 spiro atoms. The Morgan fingerprint density at radius 1 is 1.03 bits per heavy atom. The van der Waals surface area contributed by atoms with Gasteiger partial charge in [0.05, 0.1) is 13.0 Å². The molecule has 3 N–H and O–H groups in total. The fourth-order valence-electron chi connectivity index (χ4n) is 4.09. The molecule has 176 valence electrons. The second-order valence-electron chi connectivity index (χ2n) is 8.10. The van der Waals surface area contributed by atoms with Crippen LogP contribution in [0.25, 0.3) is 11.1 Å². The summed E-state index contributed by atoms with van der Waals surface area (Å²) in [6.07, 6.45) is -0.587. The van der Waals surface area contributed by atoms with E-state index in [1.165, 1.54) is 0 Å². The quantitative estimate of drug-likeness (QED) is 0.481. The lowest BCUT2D eigenvalue weighted by molar-refractivity contribution is -0.139. The van der Waals surface area contributed by atoms with Crippen molar-refractivity contribution in [2.75, 3.05) is 26.9 Å². The van der Waals surface area contributed by atoms with Crippen molar-refractivity contribution < 1.29 is 29.0 Å². The molecule has 8 heteroatoms. The molecule has 0 heterocycles. The minimum Gasteiger partial charge on any atom is -0.481 e. The van der Waals surface area contributed by atoms with E-state index in [0.717, 1.165) is 28.7 Å². The average Bonchev–Trinajstić information content (AvgIpc) is 3.13. The summed E-state index contributed by atoms with van der Waals surface area (Å²) >= 11 is 0. The first-order valence-corrected chi connectivity index (χ1v) is 11.0. The van der Waals surface area contributed by atoms with Crippen molar-refractivity contribution in [3.63, 3.8) is 0 Å². The van der Waals surface area contributed by atoms with E-state index in [9.17, 15) is 19.5 Å². The molecule has 0 aromatic heterocycles. The molecular weight excluding hydrogens is 424 g/mol. The summed E-state index contributed by atoms with van der Waals surface area (Å²) in [7, 11) is 1.58. The molecule has 0 aliphatic heterocycles. The summed E-state index contributed by atoms with van der Waals surface area (Å²) in [6.45, 7) is 2.85. The topological polar surface area (TPSA) is 114 Å². The highest BCUT2D eigenvalue weighted by Crippen LogP contribution is 2.44. The number of nitrogens with one attached hydrogen (secondary N) is 2. The monoisotopic (exact) mass is 454 g/mol. The molecule has 0 saturated carbocycles. The van der Waals surface area contributed by atoms with Gasteiger partial charge in [0.15, 0.2) is 0 Å². The van der Waals surface area contributed by atoms with Crippen molar-refractivity contribution in [2.45, 2.75) is 31.7 Å². The van der Waals surface area contributed by atoms with Gasteiger partial charge in [-0.2, -0.15) is 0 Å². The smallest absolute Gasteiger partial charge is 0.407 e. The van der Waals surface area contributed by atoms with Crippen LogP contribution in [0.15, 0.2) is 48.5 Å². The van der Waals surface area contributed by atoms with Crippen molar-refractivity contribution in [3.05, 3.63) is 59.7 Å². The van der Waals surface area contributed by atoms with Crippen molar-refractivity contribution in [2.24, 2.45) is 5.92 Å². The Morgan fingerprint density at radius 2 is 1.64 bits per heavy atom. The van der Waals surface area contributed by atoms with Crippen LogP contribution < -0.4 is 10.6 Å². The molecule has 2 aromatic carbocycles. The van der Waals surface area contributed by atoms with Gasteiger partial charge in [0, 0.05) is 19.6 Å². The van der Waals surface area contributed by atoms with E-state index in [-0.39, 0.29) is 18.4 Å². The van der Waals surface area contributed by atoms with Gasteiger partial charge in [0.2, 0.25) is 5.91 Å². The molecule has 33 heavy (non-hydrogen) atoms. The number of carbonyl (C=O) groups is 3. The van der Waals surface area contributed by atoms with Crippen molar-refractivity contribution >= 4 is 18.0 Å². The number of hydrogen-bond acceptors (Lipinski definition) is 5. The van der Waals surface area contributed by atoms with E-state index in [4.69, 9.17) is 9.47 Å². The zero-order chi connectivity index (χ0) is 23.8. The summed E-state index contributed by atoms with van der Waals surface area (Å²) in [5, 5.41) is 14.3. The number of amides is 2. The summed E-state index contributed by atoms with van der Waals surface area (Å²) in [6, 6.07) is 14.7. The van der Waals surface area contributed by atoms with E-state index in [1.54, 1.807) is 7.11 Å². The minimum atomic E-state index is -1.24. The first-order chi connectivity index (χ1) is 15.9. The predicted molar refractivity (Wildman–Crippen MR) is 123 cm³/mol. The number of aliphatic carboxylic acids is 1. The molecule has 2 atom stereocenters. The number of carboxylic acids is 1. The van der Waals surface area contributed by atoms with E-state index in [2.05, 4.69) is 10.6 Å². The van der Waals surface area contributed by atoms with E-state index >= 15 is 0 Å². The van der Waals surface area contributed by atoms with Gasteiger partial charge in [-0.15, -0.1) is 0 Å². The van der Waals surface area contributed by atoms with Gasteiger partial charge in [0.25, 0.3) is 0 Å². The average molecular weight is 455 g/mol. The summed E-state index contributed by atoms with van der Waals surface area (Å²) < 4.78 is 10.6. The second kappa shape index (κ2) is 11.5. The second-order valence-corrected chi connectivity index (χ2v) is 8.10.